The Morgan fingerprint density at radius 2 is 0.453 bits per heavy atom. The van der Waals surface area contributed by atoms with Gasteiger partial charge in [-0.1, -0.05) is 420 Å². The van der Waals surface area contributed by atoms with Gasteiger partial charge in [-0.25, -0.2) is 9.13 Å². The van der Waals surface area contributed by atoms with Gasteiger partial charge in [0.15, 0.2) is 12.2 Å². The molecule has 106 heavy (non-hydrogen) atoms. The number of phosphoric ester groups is 2. The van der Waals surface area contributed by atoms with Crippen molar-refractivity contribution in [2.75, 3.05) is 39.6 Å². The topological polar surface area (TPSA) is 237 Å². The molecule has 3 N–H and O–H groups in total. The molecular formula is C87H170O17P2. The minimum Gasteiger partial charge on any atom is -0.462 e. The first-order valence-corrected chi connectivity index (χ1v) is 48.2. The fourth-order valence-corrected chi connectivity index (χ4v) is 15.2. The molecule has 0 heterocycles. The van der Waals surface area contributed by atoms with Crippen LogP contribution in [0.25, 0.3) is 0 Å². The molecule has 6 atom stereocenters. The Labute approximate surface area is 651 Å². The minimum absolute atomic E-state index is 0.107. The number of ether oxygens (including phenoxy) is 4. The predicted molar refractivity (Wildman–Crippen MR) is 437 cm³/mol. The highest BCUT2D eigenvalue weighted by atomic mass is 31.2. The van der Waals surface area contributed by atoms with Crippen molar-refractivity contribution in [3.05, 3.63) is 0 Å². The highest BCUT2D eigenvalue weighted by Crippen LogP contribution is 2.45. The van der Waals surface area contributed by atoms with Gasteiger partial charge in [0.25, 0.3) is 0 Å². The Hall–Kier alpha value is -1.94. The molecule has 0 spiro atoms. The SMILES string of the molecule is CCCCCCCCCCCCCCCCCCCCCCCCC(=O)O[C@H](COC(=O)CCCCCCCCCCCCCCCCCCCC)COP(=O)(O)OC[C@@H](O)COP(=O)(O)OC[C@@H](COC(=O)CCCCCCCCCCCCCC)OC(=O)CCCCCCCCCCCCC(C)CC. The molecule has 17 nitrogen and oxygen atoms in total. The fourth-order valence-electron chi connectivity index (χ4n) is 13.6. The predicted octanol–water partition coefficient (Wildman–Crippen LogP) is 26.8. The number of aliphatic hydroxyl groups excluding tert-OH is 1. The Morgan fingerprint density at radius 1 is 0.264 bits per heavy atom. The van der Waals surface area contributed by atoms with E-state index in [1.807, 2.05) is 0 Å². The molecule has 0 aromatic rings. The van der Waals surface area contributed by atoms with Crippen LogP contribution >= 0.6 is 15.6 Å². The van der Waals surface area contributed by atoms with Crippen LogP contribution in [0.2, 0.25) is 0 Å². The molecule has 0 saturated heterocycles. The number of unbranched alkanes of at least 4 members (excludes halogenated alkanes) is 58. The Kier molecular flexibility index (Phi) is 78.2. The highest BCUT2D eigenvalue weighted by Gasteiger charge is 2.30. The minimum atomic E-state index is -4.97. The van der Waals surface area contributed by atoms with Crippen LogP contribution in [0.15, 0.2) is 0 Å². The summed E-state index contributed by atoms with van der Waals surface area (Å²) >= 11 is 0. The lowest BCUT2D eigenvalue weighted by atomic mass is 9.99. The lowest BCUT2D eigenvalue weighted by Gasteiger charge is -2.21. The molecule has 0 aliphatic rings. The Morgan fingerprint density at radius 3 is 0.670 bits per heavy atom. The zero-order chi connectivity index (χ0) is 77.6. The first-order valence-electron chi connectivity index (χ1n) is 45.2. The van der Waals surface area contributed by atoms with Gasteiger partial charge in [0.05, 0.1) is 26.4 Å². The third-order valence-corrected chi connectivity index (χ3v) is 22.8. The molecule has 0 bridgehead atoms. The van der Waals surface area contributed by atoms with Crippen molar-refractivity contribution in [1.82, 2.24) is 0 Å². The second-order valence-electron chi connectivity index (χ2n) is 31.5. The first-order chi connectivity index (χ1) is 51.6. The summed E-state index contributed by atoms with van der Waals surface area (Å²) < 4.78 is 68.9. The maximum atomic E-state index is 13.2. The maximum absolute atomic E-state index is 13.2. The summed E-state index contributed by atoms with van der Waals surface area (Å²) in [6, 6.07) is 0. The monoisotopic (exact) mass is 1550 g/mol. The van der Waals surface area contributed by atoms with Crippen molar-refractivity contribution in [2.45, 2.75) is 490 Å². The summed E-state index contributed by atoms with van der Waals surface area (Å²) in [6.07, 6.45) is 73.6. The number of rotatable bonds is 87. The normalized spacial score (nSPS) is 14.0. The molecule has 0 radical (unpaired) electrons. The van der Waals surface area contributed by atoms with E-state index in [0.29, 0.717) is 25.7 Å². The number of carbonyl (C=O) groups is 4. The Bertz CT molecular complexity index is 2020. The van der Waals surface area contributed by atoms with E-state index in [0.717, 1.165) is 95.8 Å². The number of esters is 4. The molecule has 0 rings (SSSR count). The average molecular weight is 1550 g/mol. The lowest BCUT2D eigenvalue weighted by molar-refractivity contribution is -0.161. The molecule has 3 unspecified atom stereocenters. The van der Waals surface area contributed by atoms with Crippen molar-refractivity contribution in [2.24, 2.45) is 5.92 Å². The molecule has 630 valence electrons. The van der Waals surface area contributed by atoms with Crippen LogP contribution in [0.4, 0.5) is 0 Å². The van der Waals surface area contributed by atoms with Crippen LogP contribution in [0.1, 0.15) is 471 Å². The standard InChI is InChI=1S/C87H170O17P2/c1-6-10-13-16-19-22-25-28-30-32-34-35-36-37-39-41-43-46-52-57-62-67-72-86(91)103-82(76-98-85(90)71-66-61-56-51-45-42-40-38-33-31-29-26-23-20-17-14-11-7-2)78-101-105(93,94)99-74-81(88)75-100-106(95,96)102-79-83(77-97-84(89)70-65-60-55-50-44-27-24-21-18-15-12-8-3)104-87(92)73-68-63-58-53-48-47-49-54-59-64-69-80(5)9-4/h80-83,88H,6-79H2,1-5H3,(H,93,94)(H,95,96)/t80?,81-,82-,83-/m1/s1. The summed E-state index contributed by atoms with van der Waals surface area (Å²) in [5.74, 6) is -1.30. The van der Waals surface area contributed by atoms with Gasteiger partial charge in [-0.3, -0.25) is 37.3 Å². The number of aliphatic hydroxyl groups is 1. The van der Waals surface area contributed by atoms with Crippen molar-refractivity contribution >= 4 is 39.5 Å². The zero-order valence-electron chi connectivity index (χ0n) is 69.6. The summed E-state index contributed by atoms with van der Waals surface area (Å²) in [6.45, 7) is 7.39. The van der Waals surface area contributed by atoms with Gasteiger partial charge in [-0.05, 0) is 31.6 Å². The van der Waals surface area contributed by atoms with Crippen LogP contribution in [-0.4, -0.2) is 96.7 Å². The summed E-state index contributed by atoms with van der Waals surface area (Å²) in [4.78, 5) is 73.3. The molecule has 0 aromatic carbocycles. The molecule has 0 amide bonds. The van der Waals surface area contributed by atoms with Crippen LogP contribution < -0.4 is 0 Å². The van der Waals surface area contributed by atoms with Crippen LogP contribution in [-0.2, 0) is 65.4 Å². The highest BCUT2D eigenvalue weighted by molar-refractivity contribution is 7.47. The summed E-state index contributed by atoms with van der Waals surface area (Å²) in [5, 5.41) is 10.7. The van der Waals surface area contributed by atoms with Crippen molar-refractivity contribution in [3.63, 3.8) is 0 Å². The second kappa shape index (κ2) is 79.7. The van der Waals surface area contributed by atoms with Gasteiger partial charge < -0.3 is 33.8 Å². The number of phosphoric acid groups is 2. The maximum Gasteiger partial charge on any atom is 0.472 e. The van der Waals surface area contributed by atoms with E-state index in [4.69, 9.17) is 37.0 Å². The van der Waals surface area contributed by atoms with Crippen LogP contribution in [0.5, 0.6) is 0 Å². The first kappa shape index (κ1) is 104. The van der Waals surface area contributed by atoms with Gasteiger partial charge in [0.2, 0.25) is 0 Å². The lowest BCUT2D eigenvalue weighted by Crippen LogP contribution is -2.30. The number of carbonyl (C=O) groups excluding carboxylic acids is 4. The van der Waals surface area contributed by atoms with Crippen molar-refractivity contribution < 1.29 is 80.2 Å². The third-order valence-electron chi connectivity index (χ3n) is 20.9. The molecule has 0 fully saturated rings. The number of hydrogen-bond acceptors (Lipinski definition) is 15. The zero-order valence-corrected chi connectivity index (χ0v) is 71.4. The quantitative estimate of drug-likeness (QED) is 0.0222. The van der Waals surface area contributed by atoms with E-state index in [-0.39, 0.29) is 25.7 Å². The van der Waals surface area contributed by atoms with E-state index in [9.17, 15) is 43.2 Å². The van der Waals surface area contributed by atoms with Crippen LogP contribution in [0, 0.1) is 5.92 Å². The van der Waals surface area contributed by atoms with E-state index in [1.165, 1.54) is 295 Å². The van der Waals surface area contributed by atoms with Crippen molar-refractivity contribution in [3.8, 4) is 0 Å². The molecule has 0 aromatic heterocycles. The Balaban J connectivity index is 5.23. The van der Waals surface area contributed by atoms with E-state index in [2.05, 4.69) is 34.6 Å². The van der Waals surface area contributed by atoms with Gasteiger partial charge in [-0.15, -0.1) is 0 Å². The fraction of sp³-hybridized carbons (Fsp3) is 0.954. The summed E-state index contributed by atoms with van der Waals surface area (Å²) in [5.41, 5.74) is 0. The molecule has 0 aliphatic heterocycles. The number of hydrogen-bond donors (Lipinski definition) is 3. The molecule has 0 saturated carbocycles. The van der Waals surface area contributed by atoms with Gasteiger partial charge in [0, 0.05) is 25.7 Å². The smallest absolute Gasteiger partial charge is 0.462 e. The van der Waals surface area contributed by atoms with Crippen molar-refractivity contribution in [1.29, 1.82) is 0 Å². The van der Waals surface area contributed by atoms with Gasteiger partial charge in [-0.2, -0.15) is 0 Å². The van der Waals surface area contributed by atoms with Gasteiger partial charge >= 0.3 is 39.5 Å². The largest absolute Gasteiger partial charge is 0.472 e. The van der Waals surface area contributed by atoms with Crippen LogP contribution in [0.3, 0.4) is 0 Å². The molecular weight excluding hydrogens is 1380 g/mol. The third kappa shape index (κ3) is 78.7. The second-order valence-corrected chi connectivity index (χ2v) is 34.4. The van der Waals surface area contributed by atoms with E-state index in [1.54, 1.807) is 0 Å². The van der Waals surface area contributed by atoms with Gasteiger partial charge in [0.1, 0.15) is 19.3 Å². The van der Waals surface area contributed by atoms with E-state index < -0.39 is 97.5 Å². The molecule has 19 heteroatoms. The molecule has 0 aliphatic carbocycles. The van der Waals surface area contributed by atoms with E-state index >= 15 is 0 Å². The summed E-state index contributed by atoms with van der Waals surface area (Å²) in [7, 11) is -9.93. The average Bonchev–Trinajstić information content (AvgIpc) is 0.901.